The topological polar surface area (TPSA) is 82.5 Å². The summed E-state index contributed by atoms with van der Waals surface area (Å²) in [7, 11) is 0. The third-order valence-electron chi connectivity index (χ3n) is 1.82. The van der Waals surface area contributed by atoms with Crippen molar-refractivity contribution < 1.29 is 15.0 Å². The van der Waals surface area contributed by atoms with Gasteiger partial charge in [0.1, 0.15) is 0 Å². The van der Waals surface area contributed by atoms with E-state index in [0.29, 0.717) is 13.1 Å². The molecule has 1 atom stereocenters. The standard InChI is InChI=1S/C10H14N2O3/c1-7(13)4-11-6-9-3-2-8(5-12-9)10(14)15/h2-3,5,7,11,13H,4,6H2,1H3,(H,14,15). The first-order valence-corrected chi connectivity index (χ1v) is 4.66. The van der Waals surface area contributed by atoms with Gasteiger partial charge in [-0.3, -0.25) is 4.98 Å². The molecule has 0 aliphatic rings. The molecule has 0 fully saturated rings. The molecule has 5 heteroatoms. The first kappa shape index (κ1) is 11.6. The van der Waals surface area contributed by atoms with Crippen molar-refractivity contribution in [3.05, 3.63) is 29.6 Å². The second-order valence-corrected chi connectivity index (χ2v) is 3.32. The zero-order chi connectivity index (χ0) is 11.3. The first-order chi connectivity index (χ1) is 7.09. The van der Waals surface area contributed by atoms with Gasteiger partial charge in [0.2, 0.25) is 0 Å². The average molecular weight is 210 g/mol. The van der Waals surface area contributed by atoms with Crippen molar-refractivity contribution in [1.82, 2.24) is 10.3 Å². The zero-order valence-electron chi connectivity index (χ0n) is 8.47. The molecule has 0 spiro atoms. The van der Waals surface area contributed by atoms with Crippen LogP contribution in [0.3, 0.4) is 0 Å². The molecule has 82 valence electrons. The van der Waals surface area contributed by atoms with Crippen molar-refractivity contribution in [3.63, 3.8) is 0 Å². The van der Waals surface area contributed by atoms with Gasteiger partial charge in [-0.1, -0.05) is 0 Å². The second-order valence-electron chi connectivity index (χ2n) is 3.32. The normalized spacial score (nSPS) is 12.4. The third-order valence-corrected chi connectivity index (χ3v) is 1.82. The molecule has 1 aromatic heterocycles. The highest BCUT2D eigenvalue weighted by Crippen LogP contribution is 1.99. The van der Waals surface area contributed by atoms with Crippen molar-refractivity contribution in [2.75, 3.05) is 6.54 Å². The summed E-state index contributed by atoms with van der Waals surface area (Å²) < 4.78 is 0. The summed E-state index contributed by atoms with van der Waals surface area (Å²) in [6.07, 6.45) is 0.921. The molecule has 0 bridgehead atoms. The number of aromatic carboxylic acids is 1. The molecule has 5 nitrogen and oxygen atoms in total. The number of carboxylic acid groups (broad SMARTS) is 1. The smallest absolute Gasteiger partial charge is 0.337 e. The van der Waals surface area contributed by atoms with Crippen LogP contribution in [0.1, 0.15) is 23.0 Å². The van der Waals surface area contributed by atoms with Crippen LogP contribution in [-0.2, 0) is 6.54 Å². The van der Waals surface area contributed by atoms with Crippen LogP contribution in [0.15, 0.2) is 18.3 Å². The van der Waals surface area contributed by atoms with E-state index in [1.54, 1.807) is 13.0 Å². The Morgan fingerprint density at radius 3 is 2.80 bits per heavy atom. The van der Waals surface area contributed by atoms with E-state index in [0.717, 1.165) is 5.69 Å². The maximum atomic E-state index is 10.5. The molecule has 1 heterocycles. The van der Waals surface area contributed by atoms with Gasteiger partial charge in [-0.05, 0) is 19.1 Å². The zero-order valence-corrected chi connectivity index (χ0v) is 8.47. The van der Waals surface area contributed by atoms with Crippen molar-refractivity contribution in [2.24, 2.45) is 0 Å². The third kappa shape index (κ3) is 4.05. The van der Waals surface area contributed by atoms with Crippen LogP contribution in [0.2, 0.25) is 0 Å². The lowest BCUT2D eigenvalue weighted by atomic mass is 10.2. The fourth-order valence-electron chi connectivity index (χ4n) is 1.06. The first-order valence-electron chi connectivity index (χ1n) is 4.66. The molecule has 1 aromatic rings. The Morgan fingerprint density at radius 2 is 2.33 bits per heavy atom. The lowest BCUT2D eigenvalue weighted by molar-refractivity contribution is 0.0696. The molecule has 0 radical (unpaired) electrons. The number of nitrogens with one attached hydrogen (secondary N) is 1. The number of carbonyl (C=O) groups is 1. The lowest BCUT2D eigenvalue weighted by Gasteiger charge is -2.06. The fourth-order valence-corrected chi connectivity index (χ4v) is 1.06. The Hall–Kier alpha value is -1.46. The van der Waals surface area contributed by atoms with E-state index in [4.69, 9.17) is 10.2 Å². The van der Waals surface area contributed by atoms with Crippen molar-refractivity contribution in [1.29, 1.82) is 0 Å². The summed E-state index contributed by atoms with van der Waals surface area (Å²) in [5, 5.41) is 20.6. The van der Waals surface area contributed by atoms with Gasteiger partial charge in [0.05, 0.1) is 17.4 Å². The van der Waals surface area contributed by atoms with Crippen LogP contribution in [0.4, 0.5) is 0 Å². The minimum atomic E-state index is -0.981. The minimum absolute atomic E-state index is 0.175. The molecule has 1 rings (SSSR count). The lowest BCUT2D eigenvalue weighted by Crippen LogP contribution is -2.24. The van der Waals surface area contributed by atoms with Gasteiger partial charge < -0.3 is 15.5 Å². The van der Waals surface area contributed by atoms with Gasteiger partial charge >= 0.3 is 5.97 Å². The van der Waals surface area contributed by atoms with Crippen LogP contribution in [0.25, 0.3) is 0 Å². The maximum absolute atomic E-state index is 10.5. The molecule has 0 aliphatic carbocycles. The Morgan fingerprint density at radius 1 is 1.60 bits per heavy atom. The van der Waals surface area contributed by atoms with E-state index in [1.165, 1.54) is 12.3 Å². The van der Waals surface area contributed by atoms with Crippen LogP contribution >= 0.6 is 0 Å². The average Bonchev–Trinajstić information content (AvgIpc) is 2.18. The number of aliphatic hydroxyl groups is 1. The Balaban J connectivity index is 2.46. The minimum Gasteiger partial charge on any atom is -0.478 e. The number of aliphatic hydroxyl groups excluding tert-OH is 1. The number of aromatic nitrogens is 1. The Labute approximate surface area is 87.8 Å². The van der Waals surface area contributed by atoms with Gasteiger partial charge in [0.15, 0.2) is 0 Å². The van der Waals surface area contributed by atoms with Crippen molar-refractivity contribution in [2.45, 2.75) is 19.6 Å². The van der Waals surface area contributed by atoms with E-state index in [2.05, 4.69) is 10.3 Å². The summed E-state index contributed by atoms with van der Waals surface area (Å²) in [6.45, 7) is 2.70. The number of hydrogen-bond acceptors (Lipinski definition) is 4. The Kier molecular flexibility index (Phi) is 4.20. The van der Waals surface area contributed by atoms with Crippen molar-refractivity contribution in [3.8, 4) is 0 Å². The predicted octanol–water partition coefficient (Wildman–Crippen LogP) is 0.250. The highest BCUT2D eigenvalue weighted by Gasteiger charge is 2.02. The maximum Gasteiger partial charge on any atom is 0.337 e. The monoisotopic (exact) mass is 210 g/mol. The van der Waals surface area contributed by atoms with Gasteiger partial charge in [0.25, 0.3) is 0 Å². The molecule has 3 N–H and O–H groups in total. The summed E-state index contributed by atoms with van der Waals surface area (Å²) in [5.41, 5.74) is 0.926. The second kappa shape index (κ2) is 5.43. The summed E-state index contributed by atoms with van der Waals surface area (Å²) >= 11 is 0. The molecule has 0 amide bonds. The molecule has 0 saturated carbocycles. The molecule has 0 saturated heterocycles. The van der Waals surface area contributed by atoms with Gasteiger partial charge in [-0.15, -0.1) is 0 Å². The quantitative estimate of drug-likeness (QED) is 0.649. The summed E-state index contributed by atoms with van der Waals surface area (Å²) in [6, 6.07) is 3.16. The van der Waals surface area contributed by atoms with Gasteiger partial charge in [-0.2, -0.15) is 0 Å². The fraction of sp³-hybridized carbons (Fsp3) is 0.400. The van der Waals surface area contributed by atoms with Crippen LogP contribution in [-0.4, -0.2) is 33.8 Å². The van der Waals surface area contributed by atoms with E-state index in [-0.39, 0.29) is 5.56 Å². The van der Waals surface area contributed by atoms with Crippen LogP contribution in [0.5, 0.6) is 0 Å². The van der Waals surface area contributed by atoms with E-state index >= 15 is 0 Å². The number of carboxylic acids is 1. The van der Waals surface area contributed by atoms with Gasteiger partial charge in [-0.25, -0.2) is 4.79 Å². The summed E-state index contributed by atoms with van der Waals surface area (Å²) in [4.78, 5) is 14.5. The SMILES string of the molecule is CC(O)CNCc1ccc(C(=O)O)cn1. The van der Waals surface area contributed by atoms with Crippen LogP contribution in [0, 0.1) is 0 Å². The number of hydrogen-bond donors (Lipinski definition) is 3. The largest absolute Gasteiger partial charge is 0.478 e. The molecule has 0 aromatic carbocycles. The van der Waals surface area contributed by atoms with Crippen molar-refractivity contribution >= 4 is 5.97 Å². The number of pyridine rings is 1. The molecule has 0 aliphatic heterocycles. The van der Waals surface area contributed by atoms with E-state index in [9.17, 15) is 4.79 Å². The predicted molar refractivity (Wildman–Crippen MR) is 54.6 cm³/mol. The molecule has 15 heavy (non-hydrogen) atoms. The van der Waals surface area contributed by atoms with Crippen LogP contribution < -0.4 is 5.32 Å². The summed E-state index contributed by atoms with van der Waals surface area (Å²) in [5.74, 6) is -0.981. The number of nitrogens with zero attached hydrogens (tertiary/aromatic N) is 1. The van der Waals surface area contributed by atoms with E-state index < -0.39 is 12.1 Å². The highest BCUT2D eigenvalue weighted by atomic mass is 16.4. The molecule has 1 unspecified atom stereocenters. The van der Waals surface area contributed by atoms with Gasteiger partial charge in [0, 0.05) is 19.3 Å². The van der Waals surface area contributed by atoms with E-state index in [1.807, 2.05) is 0 Å². The number of rotatable bonds is 5. The molecular weight excluding hydrogens is 196 g/mol. The molecular formula is C10H14N2O3. The Bertz CT molecular complexity index is 322. The highest BCUT2D eigenvalue weighted by molar-refractivity contribution is 5.87.